The summed E-state index contributed by atoms with van der Waals surface area (Å²) in [7, 11) is 0. The Labute approximate surface area is 87.7 Å². The summed E-state index contributed by atoms with van der Waals surface area (Å²) in [6.07, 6.45) is 0. The molecule has 0 aliphatic rings. The lowest BCUT2D eigenvalue weighted by molar-refractivity contribution is 1.46. The van der Waals surface area contributed by atoms with Crippen molar-refractivity contribution in [3.05, 3.63) is 23.2 Å². The molecule has 0 aromatic heterocycles. The third-order valence-corrected chi connectivity index (χ3v) is 2.81. The van der Waals surface area contributed by atoms with Gasteiger partial charge in [0.05, 0.1) is 10.8 Å². The van der Waals surface area contributed by atoms with Crippen LogP contribution in [0.2, 0.25) is 5.02 Å². The van der Waals surface area contributed by atoms with Crippen molar-refractivity contribution in [3.8, 4) is 11.8 Å². The summed E-state index contributed by atoms with van der Waals surface area (Å²) < 4.78 is 0. The zero-order valence-corrected chi connectivity index (χ0v) is 8.88. The molecule has 0 aliphatic heterocycles. The van der Waals surface area contributed by atoms with Crippen LogP contribution in [0, 0.1) is 11.8 Å². The number of rotatable bonds is 2. The van der Waals surface area contributed by atoms with E-state index in [0.29, 0.717) is 0 Å². The van der Waals surface area contributed by atoms with Gasteiger partial charge in [-0.05, 0) is 25.1 Å². The molecule has 0 saturated carbocycles. The average molecular weight is 212 g/mol. The Morgan fingerprint density at radius 2 is 2.31 bits per heavy atom. The Morgan fingerprint density at radius 3 is 3.00 bits per heavy atom. The first kappa shape index (κ1) is 10.3. The quantitative estimate of drug-likeness (QED) is 0.462. The molecular formula is C10H10ClNS. The third kappa shape index (κ3) is 3.22. The fourth-order valence-corrected chi connectivity index (χ4v) is 1.90. The number of nitrogens with two attached hydrogens (primary N) is 1. The van der Waals surface area contributed by atoms with Gasteiger partial charge in [0.15, 0.2) is 0 Å². The zero-order chi connectivity index (χ0) is 9.68. The molecule has 0 aliphatic carbocycles. The van der Waals surface area contributed by atoms with E-state index in [1.807, 2.05) is 13.0 Å². The van der Waals surface area contributed by atoms with E-state index in [4.69, 9.17) is 17.3 Å². The highest BCUT2D eigenvalue weighted by Gasteiger charge is 1.99. The maximum absolute atomic E-state index is 5.95. The van der Waals surface area contributed by atoms with Crippen molar-refractivity contribution in [1.82, 2.24) is 0 Å². The van der Waals surface area contributed by atoms with Crippen LogP contribution in [0.4, 0.5) is 5.69 Å². The number of hydrogen-bond donors (Lipinski definition) is 1. The molecule has 13 heavy (non-hydrogen) atoms. The highest BCUT2D eigenvalue weighted by atomic mass is 35.5. The van der Waals surface area contributed by atoms with E-state index in [9.17, 15) is 0 Å². The Morgan fingerprint density at radius 1 is 1.54 bits per heavy atom. The molecule has 0 radical (unpaired) electrons. The monoisotopic (exact) mass is 211 g/mol. The summed E-state index contributed by atoms with van der Waals surface area (Å²) in [5, 5.41) is 0.733. The Kier molecular flexibility index (Phi) is 4.01. The predicted octanol–water partition coefficient (Wildman–Crippen LogP) is 3.04. The Bertz CT molecular complexity index is 352. The molecule has 2 N–H and O–H groups in total. The normalized spacial score (nSPS) is 9.08. The molecule has 0 heterocycles. The van der Waals surface area contributed by atoms with E-state index in [0.717, 1.165) is 21.4 Å². The molecule has 1 aromatic carbocycles. The van der Waals surface area contributed by atoms with Gasteiger partial charge in [0.2, 0.25) is 0 Å². The molecule has 0 spiro atoms. The van der Waals surface area contributed by atoms with Crippen molar-refractivity contribution in [2.75, 3.05) is 11.5 Å². The Balaban J connectivity index is 2.73. The van der Waals surface area contributed by atoms with Crippen LogP contribution in [0.3, 0.4) is 0 Å². The standard InChI is InChI=1S/C10H10ClNS/c1-2-3-6-13-10-7-8(12)4-5-9(10)11/h4-5,7H,6,12H2,1H3. The van der Waals surface area contributed by atoms with Crippen LogP contribution in [0.1, 0.15) is 6.92 Å². The van der Waals surface area contributed by atoms with Crippen LogP contribution in [0.25, 0.3) is 0 Å². The summed E-state index contributed by atoms with van der Waals surface area (Å²) in [5.41, 5.74) is 6.36. The van der Waals surface area contributed by atoms with Crippen molar-refractivity contribution in [3.63, 3.8) is 0 Å². The lowest BCUT2D eigenvalue weighted by Gasteiger charge is -2.01. The van der Waals surface area contributed by atoms with E-state index >= 15 is 0 Å². The molecule has 68 valence electrons. The molecule has 0 fully saturated rings. The summed E-state index contributed by atoms with van der Waals surface area (Å²) in [5.74, 6) is 6.53. The number of anilines is 1. The van der Waals surface area contributed by atoms with E-state index in [-0.39, 0.29) is 0 Å². The van der Waals surface area contributed by atoms with Crippen LogP contribution >= 0.6 is 23.4 Å². The minimum Gasteiger partial charge on any atom is -0.399 e. The van der Waals surface area contributed by atoms with Gasteiger partial charge in [0.1, 0.15) is 0 Å². The zero-order valence-electron chi connectivity index (χ0n) is 7.30. The third-order valence-electron chi connectivity index (χ3n) is 1.43. The van der Waals surface area contributed by atoms with Gasteiger partial charge in [-0.15, -0.1) is 17.7 Å². The average Bonchev–Trinajstić information content (AvgIpc) is 2.11. The number of nitrogen functional groups attached to an aromatic ring is 1. The summed E-state index contributed by atoms with van der Waals surface area (Å²) in [6.45, 7) is 1.82. The smallest absolute Gasteiger partial charge is 0.0595 e. The van der Waals surface area contributed by atoms with E-state index in [1.54, 1.807) is 23.9 Å². The van der Waals surface area contributed by atoms with Crippen LogP contribution < -0.4 is 5.73 Å². The second-order valence-corrected chi connectivity index (χ2v) is 3.83. The van der Waals surface area contributed by atoms with Crippen LogP contribution in [-0.2, 0) is 0 Å². The van der Waals surface area contributed by atoms with Gasteiger partial charge < -0.3 is 5.73 Å². The highest BCUT2D eigenvalue weighted by molar-refractivity contribution is 7.99. The summed E-state index contributed by atoms with van der Waals surface area (Å²) in [4.78, 5) is 0.990. The first-order valence-electron chi connectivity index (χ1n) is 3.81. The molecule has 1 rings (SSSR count). The van der Waals surface area contributed by atoms with E-state index < -0.39 is 0 Å². The van der Waals surface area contributed by atoms with Crippen LogP contribution in [0.5, 0.6) is 0 Å². The number of benzene rings is 1. The minimum absolute atomic E-state index is 0.733. The first-order chi connectivity index (χ1) is 6.24. The topological polar surface area (TPSA) is 26.0 Å². The van der Waals surface area contributed by atoms with Crippen molar-refractivity contribution >= 4 is 29.1 Å². The van der Waals surface area contributed by atoms with Crippen molar-refractivity contribution in [1.29, 1.82) is 0 Å². The first-order valence-corrected chi connectivity index (χ1v) is 5.18. The van der Waals surface area contributed by atoms with Gasteiger partial charge in [0.25, 0.3) is 0 Å². The fraction of sp³-hybridized carbons (Fsp3) is 0.200. The van der Waals surface area contributed by atoms with Crippen molar-refractivity contribution in [2.45, 2.75) is 11.8 Å². The molecule has 1 aromatic rings. The van der Waals surface area contributed by atoms with E-state index in [2.05, 4.69) is 11.8 Å². The van der Waals surface area contributed by atoms with Crippen LogP contribution in [-0.4, -0.2) is 5.75 Å². The fourth-order valence-electron chi connectivity index (χ4n) is 0.817. The summed E-state index contributed by atoms with van der Waals surface area (Å²) >= 11 is 7.55. The van der Waals surface area contributed by atoms with Gasteiger partial charge in [-0.25, -0.2) is 0 Å². The minimum atomic E-state index is 0.733. The maximum atomic E-state index is 5.95. The molecular weight excluding hydrogens is 202 g/mol. The Hall–Kier alpha value is -0.780. The van der Waals surface area contributed by atoms with Gasteiger partial charge in [-0.2, -0.15) is 0 Å². The molecule has 1 nitrogen and oxygen atoms in total. The largest absolute Gasteiger partial charge is 0.399 e. The SMILES string of the molecule is CC#CCSc1cc(N)ccc1Cl. The molecule has 0 unspecified atom stereocenters. The van der Waals surface area contributed by atoms with Gasteiger partial charge in [-0.1, -0.05) is 17.5 Å². The second-order valence-electron chi connectivity index (χ2n) is 2.41. The lowest BCUT2D eigenvalue weighted by atomic mass is 10.3. The second kappa shape index (κ2) is 5.06. The summed E-state index contributed by atoms with van der Waals surface area (Å²) in [6, 6.07) is 5.46. The van der Waals surface area contributed by atoms with Crippen LogP contribution in [0.15, 0.2) is 23.1 Å². The molecule has 0 amide bonds. The lowest BCUT2D eigenvalue weighted by Crippen LogP contribution is -1.85. The van der Waals surface area contributed by atoms with Crippen molar-refractivity contribution < 1.29 is 0 Å². The molecule has 0 bridgehead atoms. The highest BCUT2D eigenvalue weighted by Crippen LogP contribution is 2.28. The molecule has 0 saturated heterocycles. The van der Waals surface area contributed by atoms with Gasteiger partial charge in [-0.3, -0.25) is 0 Å². The number of hydrogen-bond acceptors (Lipinski definition) is 2. The van der Waals surface area contributed by atoms with Crippen molar-refractivity contribution in [2.24, 2.45) is 0 Å². The molecule has 0 atom stereocenters. The molecule has 3 heteroatoms. The number of halogens is 1. The number of thioether (sulfide) groups is 1. The predicted molar refractivity (Wildman–Crippen MR) is 60.0 cm³/mol. The van der Waals surface area contributed by atoms with Gasteiger partial charge in [0, 0.05) is 10.6 Å². The maximum Gasteiger partial charge on any atom is 0.0595 e. The van der Waals surface area contributed by atoms with E-state index in [1.165, 1.54) is 0 Å². The van der Waals surface area contributed by atoms with Gasteiger partial charge >= 0.3 is 0 Å².